The predicted molar refractivity (Wildman–Crippen MR) is 39.1 cm³/mol. The Bertz CT molecular complexity index is 307. The maximum atomic E-state index is 10.0. The molecule has 0 aromatic carbocycles. The molecule has 9 nitrogen and oxygen atoms in total. The monoisotopic (exact) mass is 171 g/mol. The quantitative estimate of drug-likeness (QED) is 0.227. The third kappa shape index (κ3) is 1.94. The molecule has 0 amide bonds. The number of aromatic amines is 1. The third-order valence-corrected chi connectivity index (χ3v) is 0.885. The van der Waals surface area contributed by atoms with Crippen LogP contribution in [0.5, 0.6) is 0 Å². The van der Waals surface area contributed by atoms with Gasteiger partial charge in [-0.05, 0) is 10.5 Å². The van der Waals surface area contributed by atoms with Crippen LogP contribution in [-0.4, -0.2) is 14.9 Å². The number of rotatable bonds is 2. The number of H-pyrrole nitrogens is 1. The zero-order valence-corrected chi connectivity index (χ0v) is 5.84. The third-order valence-electron chi connectivity index (χ3n) is 0.885. The number of aromatic nitrogens is 2. The highest BCUT2D eigenvalue weighted by molar-refractivity contribution is 5.25. The lowest BCUT2D eigenvalue weighted by molar-refractivity contribution is -0.389. The molecule has 1 rings (SSSR count). The van der Waals surface area contributed by atoms with Gasteiger partial charge in [0.1, 0.15) is 6.20 Å². The average Bonchev–Trinajstić information content (AvgIpc) is 2.37. The lowest BCUT2D eigenvalue weighted by Crippen LogP contribution is -1.85. The van der Waals surface area contributed by atoms with Gasteiger partial charge in [-0.25, -0.2) is 9.97 Å². The highest BCUT2D eigenvalue weighted by Gasteiger charge is 2.06. The Kier molecular flexibility index (Phi) is 3.22. The van der Waals surface area contributed by atoms with Crippen LogP contribution in [0.25, 0.3) is 10.4 Å². The molecule has 1 heterocycles. The van der Waals surface area contributed by atoms with Crippen molar-refractivity contribution in [2.75, 3.05) is 0 Å². The van der Waals surface area contributed by atoms with Crippen LogP contribution in [0.1, 0.15) is 0 Å². The van der Waals surface area contributed by atoms with E-state index >= 15 is 0 Å². The van der Waals surface area contributed by atoms with Gasteiger partial charge < -0.3 is 16.3 Å². The molecule has 12 heavy (non-hydrogen) atoms. The summed E-state index contributed by atoms with van der Waals surface area (Å²) in [6.45, 7) is 0. The smallest absolute Gasteiger partial charge is 0.340 e. The van der Waals surface area contributed by atoms with Crippen molar-refractivity contribution in [2.24, 2.45) is 5.11 Å². The lowest BCUT2D eigenvalue weighted by atomic mass is 10.8. The van der Waals surface area contributed by atoms with Crippen LogP contribution in [-0.2, 0) is 0 Å². The van der Waals surface area contributed by atoms with E-state index in [1.807, 2.05) is 0 Å². The molecule has 0 spiro atoms. The first-order chi connectivity index (χ1) is 5.24. The second-order valence-electron chi connectivity index (χ2n) is 1.54. The van der Waals surface area contributed by atoms with E-state index in [1.54, 1.807) is 0 Å². The predicted octanol–water partition coefficient (Wildman–Crippen LogP) is 1.42. The van der Waals surface area contributed by atoms with Gasteiger partial charge in [-0.2, -0.15) is 0 Å². The van der Waals surface area contributed by atoms with Gasteiger partial charge in [0.15, 0.2) is 0 Å². The minimum atomic E-state index is -0.663. The molecule has 1 aromatic rings. The molecular weight excluding hydrogens is 166 g/mol. The van der Waals surface area contributed by atoms with E-state index in [0.717, 1.165) is 6.20 Å². The summed E-state index contributed by atoms with van der Waals surface area (Å²) in [5, 5.41) is 13.0. The standard InChI is InChI=1S/C3H2N6O2.H3N/c4-8-7-3-5-1-2(6-3)9(10)11;/h1H,(H,5,6);1H3. The van der Waals surface area contributed by atoms with Crippen molar-refractivity contribution >= 4 is 11.8 Å². The van der Waals surface area contributed by atoms with Crippen molar-refractivity contribution < 1.29 is 4.92 Å². The van der Waals surface area contributed by atoms with Crippen molar-refractivity contribution in [1.29, 1.82) is 0 Å². The number of azide groups is 1. The largest absolute Gasteiger partial charge is 0.358 e. The summed E-state index contributed by atoms with van der Waals surface area (Å²) in [7, 11) is 0. The molecule has 0 aliphatic carbocycles. The Labute approximate surface area is 65.8 Å². The molecule has 9 heteroatoms. The number of hydrogen-bond donors (Lipinski definition) is 2. The van der Waals surface area contributed by atoms with Gasteiger partial charge in [0.05, 0.1) is 0 Å². The summed E-state index contributed by atoms with van der Waals surface area (Å²) in [5.74, 6) is -0.411. The van der Waals surface area contributed by atoms with E-state index in [-0.39, 0.29) is 17.9 Å². The van der Waals surface area contributed by atoms with Crippen LogP contribution in [0.2, 0.25) is 0 Å². The lowest BCUT2D eigenvalue weighted by Gasteiger charge is -1.83. The highest BCUT2D eigenvalue weighted by atomic mass is 16.6. The summed E-state index contributed by atoms with van der Waals surface area (Å²) in [4.78, 5) is 17.3. The fraction of sp³-hybridized carbons (Fsp3) is 0. The van der Waals surface area contributed by atoms with Crippen molar-refractivity contribution in [3.05, 3.63) is 26.8 Å². The Morgan fingerprint density at radius 2 is 2.50 bits per heavy atom. The summed E-state index contributed by atoms with van der Waals surface area (Å²) in [6.07, 6.45) is 0.976. The van der Waals surface area contributed by atoms with Gasteiger partial charge in [-0.1, -0.05) is 0 Å². The Morgan fingerprint density at radius 3 is 2.92 bits per heavy atom. The number of nitrogens with zero attached hydrogens (tertiary/aromatic N) is 5. The molecule has 0 aliphatic heterocycles. The van der Waals surface area contributed by atoms with Crippen molar-refractivity contribution in [3.8, 4) is 0 Å². The van der Waals surface area contributed by atoms with Gasteiger partial charge in [-0.3, -0.25) is 0 Å². The first-order valence-corrected chi connectivity index (χ1v) is 2.48. The minimum Gasteiger partial charge on any atom is -0.358 e. The van der Waals surface area contributed by atoms with Crippen LogP contribution in [0.15, 0.2) is 11.3 Å². The molecule has 0 unspecified atom stereocenters. The number of nitrogens with one attached hydrogen (secondary N) is 1. The molecule has 0 radical (unpaired) electrons. The van der Waals surface area contributed by atoms with Gasteiger partial charge in [0, 0.05) is 10.0 Å². The maximum Gasteiger partial charge on any atom is 0.340 e. The molecule has 0 fully saturated rings. The highest BCUT2D eigenvalue weighted by Crippen LogP contribution is 2.11. The van der Waals surface area contributed by atoms with E-state index in [9.17, 15) is 10.1 Å². The van der Waals surface area contributed by atoms with Crippen molar-refractivity contribution in [3.63, 3.8) is 0 Å². The normalized spacial score (nSPS) is 8.00. The Balaban J connectivity index is 0.00000121. The van der Waals surface area contributed by atoms with Crippen LogP contribution in [0.4, 0.5) is 11.8 Å². The first-order valence-electron chi connectivity index (χ1n) is 2.48. The SMILES string of the molecule is N.[N-]=[N+]=Nc1ncc([N+](=O)[O-])[nH]1. The molecule has 0 bridgehead atoms. The van der Waals surface area contributed by atoms with E-state index in [4.69, 9.17) is 5.53 Å². The van der Waals surface area contributed by atoms with E-state index in [1.165, 1.54) is 0 Å². The van der Waals surface area contributed by atoms with Crippen molar-refractivity contribution in [2.45, 2.75) is 0 Å². The van der Waals surface area contributed by atoms with Gasteiger partial charge in [-0.15, -0.1) is 0 Å². The second kappa shape index (κ2) is 3.91. The molecule has 64 valence electrons. The first kappa shape index (κ1) is 9.88. The molecule has 0 saturated heterocycles. The summed E-state index contributed by atoms with van der Waals surface area (Å²) >= 11 is 0. The summed E-state index contributed by atoms with van der Waals surface area (Å²) in [6, 6.07) is 0. The topological polar surface area (TPSA) is 156 Å². The van der Waals surface area contributed by atoms with Crippen LogP contribution < -0.4 is 6.15 Å². The van der Waals surface area contributed by atoms with E-state index in [0.29, 0.717) is 0 Å². The molecule has 0 saturated carbocycles. The van der Waals surface area contributed by atoms with Gasteiger partial charge >= 0.3 is 5.82 Å². The van der Waals surface area contributed by atoms with Gasteiger partial charge in [0.2, 0.25) is 0 Å². The zero-order chi connectivity index (χ0) is 8.27. The van der Waals surface area contributed by atoms with Crippen LogP contribution in [0.3, 0.4) is 0 Å². The summed E-state index contributed by atoms with van der Waals surface area (Å²) < 4.78 is 0. The maximum absolute atomic E-state index is 10.0. The Morgan fingerprint density at radius 1 is 1.83 bits per heavy atom. The molecule has 4 N–H and O–H groups in total. The molecule has 0 atom stereocenters. The molecule has 0 aliphatic rings. The summed E-state index contributed by atoms with van der Waals surface area (Å²) in [5.41, 5.74) is 7.90. The second-order valence-corrected chi connectivity index (χ2v) is 1.54. The number of nitro groups is 1. The van der Waals surface area contributed by atoms with Crippen LogP contribution >= 0.6 is 0 Å². The average molecular weight is 171 g/mol. The Hall–Kier alpha value is -2.12. The van der Waals surface area contributed by atoms with Crippen LogP contribution in [0, 0.1) is 10.1 Å². The van der Waals surface area contributed by atoms with E-state index < -0.39 is 4.92 Å². The molecular formula is C3H5N7O2. The fourth-order valence-corrected chi connectivity index (χ4v) is 0.487. The number of hydrogen-bond acceptors (Lipinski definition) is 5. The minimum absolute atomic E-state index is 0. The fourth-order valence-electron chi connectivity index (χ4n) is 0.487. The number of imidazole rings is 1. The zero-order valence-electron chi connectivity index (χ0n) is 5.84. The van der Waals surface area contributed by atoms with Crippen molar-refractivity contribution in [1.82, 2.24) is 16.1 Å². The van der Waals surface area contributed by atoms with E-state index in [2.05, 4.69) is 20.0 Å². The van der Waals surface area contributed by atoms with Gasteiger partial charge in [0.25, 0.3) is 5.95 Å². The molecule has 1 aromatic heterocycles.